The molecule has 3 unspecified atom stereocenters. The second-order valence-corrected chi connectivity index (χ2v) is 27.9. The van der Waals surface area contributed by atoms with Crippen molar-refractivity contribution >= 4 is 39.5 Å². The van der Waals surface area contributed by atoms with E-state index in [1.165, 1.54) is 128 Å². The molecule has 0 aliphatic heterocycles. The maximum atomic E-state index is 13.0. The molecule has 0 saturated heterocycles. The third-order valence-corrected chi connectivity index (χ3v) is 17.6. The van der Waals surface area contributed by atoms with E-state index in [0.29, 0.717) is 31.6 Å². The van der Waals surface area contributed by atoms with Gasteiger partial charge in [0.25, 0.3) is 0 Å². The van der Waals surface area contributed by atoms with Crippen LogP contribution in [0.5, 0.6) is 0 Å². The molecule has 0 aromatic heterocycles. The predicted molar refractivity (Wildman–Crippen MR) is 354 cm³/mol. The molecule has 0 bridgehead atoms. The van der Waals surface area contributed by atoms with Crippen LogP contribution in [-0.2, 0) is 65.4 Å². The fraction of sp³-hybridized carbons (Fsp3) is 0.884. The van der Waals surface area contributed by atoms with Gasteiger partial charge < -0.3 is 33.8 Å². The smallest absolute Gasteiger partial charge is 0.462 e. The van der Waals surface area contributed by atoms with Crippen molar-refractivity contribution in [3.8, 4) is 0 Å². The third-order valence-electron chi connectivity index (χ3n) is 15.7. The number of esters is 4. The monoisotopic (exact) mass is 1290 g/mol. The Morgan fingerprint density at radius 1 is 0.375 bits per heavy atom. The van der Waals surface area contributed by atoms with Gasteiger partial charge in [0.05, 0.1) is 26.4 Å². The van der Waals surface area contributed by atoms with Crippen LogP contribution in [0, 0.1) is 11.8 Å². The average molecular weight is 1290 g/mol. The van der Waals surface area contributed by atoms with Crippen LogP contribution < -0.4 is 0 Å². The second kappa shape index (κ2) is 60.8. The number of ether oxygens (including phenoxy) is 4. The van der Waals surface area contributed by atoms with Gasteiger partial charge in [0.2, 0.25) is 0 Å². The van der Waals surface area contributed by atoms with Gasteiger partial charge in [-0.05, 0) is 63.2 Å². The number of hydrogen-bond acceptors (Lipinski definition) is 15. The first-order valence-corrected chi connectivity index (χ1v) is 38.3. The van der Waals surface area contributed by atoms with Gasteiger partial charge in [0.15, 0.2) is 12.2 Å². The Kier molecular flexibility index (Phi) is 59.1. The molecule has 0 saturated carbocycles. The summed E-state index contributed by atoms with van der Waals surface area (Å²) in [6.45, 7) is 9.41. The average Bonchev–Trinajstić information content (AvgIpc) is 3.58. The summed E-state index contributed by atoms with van der Waals surface area (Å²) in [5.41, 5.74) is 0. The summed E-state index contributed by atoms with van der Waals surface area (Å²) in [5.74, 6) is -0.659. The van der Waals surface area contributed by atoms with E-state index in [-0.39, 0.29) is 25.7 Å². The summed E-state index contributed by atoms with van der Waals surface area (Å²) in [6, 6.07) is 0. The Morgan fingerprint density at radius 2 is 0.670 bits per heavy atom. The minimum Gasteiger partial charge on any atom is -0.462 e. The van der Waals surface area contributed by atoms with Crippen LogP contribution >= 0.6 is 15.6 Å². The van der Waals surface area contributed by atoms with Gasteiger partial charge in [-0.3, -0.25) is 37.3 Å². The zero-order valence-electron chi connectivity index (χ0n) is 56.5. The van der Waals surface area contributed by atoms with Crippen molar-refractivity contribution in [2.24, 2.45) is 11.8 Å². The van der Waals surface area contributed by atoms with Crippen molar-refractivity contribution in [2.75, 3.05) is 39.6 Å². The quantitative estimate of drug-likeness (QED) is 0.0169. The lowest BCUT2D eigenvalue weighted by Crippen LogP contribution is -2.30. The number of phosphoric acid groups is 2. The van der Waals surface area contributed by atoms with E-state index in [1.54, 1.807) is 0 Å². The predicted octanol–water partition coefficient (Wildman–Crippen LogP) is 19.2. The van der Waals surface area contributed by atoms with Crippen LogP contribution in [0.2, 0.25) is 0 Å². The van der Waals surface area contributed by atoms with E-state index in [4.69, 9.17) is 37.0 Å². The molecular formula is C69H130O17P2. The zero-order chi connectivity index (χ0) is 65.0. The molecule has 6 atom stereocenters. The molecule has 0 rings (SSSR count). The lowest BCUT2D eigenvalue weighted by atomic mass is 9.99. The normalized spacial score (nSPS) is 14.7. The molecule has 0 radical (unpaired) electrons. The molecule has 88 heavy (non-hydrogen) atoms. The van der Waals surface area contributed by atoms with Crippen LogP contribution in [0.25, 0.3) is 0 Å². The number of aliphatic hydroxyl groups is 1. The largest absolute Gasteiger partial charge is 0.472 e. The minimum atomic E-state index is -4.96. The molecule has 17 nitrogen and oxygen atoms in total. The zero-order valence-corrected chi connectivity index (χ0v) is 58.3. The van der Waals surface area contributed by atoms with Crippen molar-refractivity contribution in [1.82, 2.24) is 0 Å². The fourth-order valence-electron chi connectivity index (χ4n) is 9.84. The van der Waals surface area contributed by atoms with Gasteiger partial charge in [-0.1, -0.05) is 271 Å². The Hall–Kier alpha value is -2.46. The standard InChI is InChI=1S/C69H130O17P2/c1-7-10-12-14-16-18-19-20-21-22-23-29-35-41-47-53-68(73)85-64(57-80-67(72)52-46-40-34-28-25-24-27-32-38-44-50-62(6)9-3)59-83-87(75,76)81-55-63(70)56-82-88(77,78)84-60-65(58-79-66(71)51-45-39-33-26-17-15-13-11-8-2)86-69(74)54-48-42-36-30-31-37-43-49-61(4)5/h18-21,61-65,70H,7-17,22-60H2,1-6H3,(H,75,76)(H,77,78)/b19-18-,21-20-/t62?,63-,64-,65-/m1/s1. The lowest BCUT2D eigenvalue weighted by molar-refractivity contribution is -0.161. The summed E-state index contributed by atoms with van der Waals surface area (Å²) < 4.78 is 68.1. The molecule has 0 aliphatic rings. The summed E-state index contributed by atoms with van der Waals surface area (Å²) in [4.78, 5) is 72.4. The molecule has 3 N–H and O–H groups in total. The van der Waals surface area contributed by atoms with Crippen LogP contribution in [0.1, 0.15) is 324 Å². The third kappa shape index (κ3) is 61.1. The molecule has 0 spiro atoms. The summed E-state index contributed by atoms with van der Waals surface area (Å²) in [5, 5.41) is 10.6. The first kappa shape index (κ1) is 85.5. The molecule has 0 fully saturated rings. The van der Waals surface area contributed by atoms with Crippen LogP contribution in [-0.4, -0.2) is 96.7 Å². The van der Waals surface area contributed by atoms with E-state index in [0.717, 1.165) is 109 Å². The van der Waals surface area contributed by atoms with E-state index in [1.807, 2.05) is 0 Å². The van der Waals surface area contributed by atoms with Gasteiger partial charge in [0.1, 0.15) is 19.3 Å². The number of carbonyl (C=O) groups excluding carboxylic acids is 4. The van der Waals surface area contributed by atoms with Gasteiger partial charge in [-0.15, -0.1) is 0 Å². The number of hydrogen-bond donors (Lipinski definition) is 3. The van der Waals surface area contributed by atoms with E-state index < -0.39 is 97.5 Å². The van der Waals surface area contributed by atoms with E-state index >= 15 is 0 Å². The molecule has 0 heterocycles. The SMILES string of the molecule is CCCCCC/C=C\C=C/CCCCCCCC(=O)O[C@H](COC(=O)CCCCCCCCCCCCC(C)CC)COP(=O)(O)OC[C@@H](O)COP(=O)(O)OC[C@@H](COC(=O)CCCCCCCCCCC)OC(=O)CCCCCCCCCC(C)C. The maximum absolute atomic E-state index is 13.0. The lowest BCUT2D eigenvalue weighted by Gasteiger charge is -2.21. The van der Waals surface area contributed by atoms with Gasteiger partial charge in [0, 0.05) is 25.7 Å². The van der Waals surface area contributed by atoms with Crippen molar-refractivity contribution < 1.29 is 80.2 Å². The van der Waals surface area contributed by atoms with Gasteiger partial charge in [-0.2, -0.15) is 0 Å². The first-order valence-electron chi connectivity index (χ1n) is 35.3. The second-order valence-electron chi connectivity index (χ2n) is 24.9. The number of phosphoric ester groups is 2. The Morgan fingerprint density at radius 3 is 1.02 bits per heavy atom. The summed E-state index contributed by atoms with van der Waals surface area (Å²) in [7, 11) is -9.91. The Labute approximate surface area is 535 Å². The number of allylic oxidation sites excluding steroid dienone is 4. The molecule has 0 aromatic carbocycles. The Balaban J connectivity index is 5.28. The summed E-state index contributed by atoms with van der Waals surface area (Å²) >= 11 is 0. The molecule has 0 amide bonds. The highest BCUT2D eigenvalue weighted by Crippen LogP contribution is 2.45. The number of rotatable bonds is 66. The van der Waals surface area contributed by atoms with Crippen molar-refractivity contribution in [3.63, 3.8) is 0 Å². The highest BCUT2D eigenvalue weighted by Gasteiger charge is 2.30. The molecule has 19 heteroatoms. The Bertz CT molecular complexity index is 1810. The van der Waals surface area contributed by atoms with Crippen molar-refractivity contribution in [3.05, 3.63) is 24.3 Å². The van der Waals surface area contributed by atoms with E-state index in [2.05, 4.69) is 65.8 Å². The van der Waals surface area contributed by atoms with Crippen LogP contribution in [0.3, 0.4) is 0 Å². The number of aliphatic hydroxyl groups excluding tert-OH is 1. The van der Waals surface area contributed by atoms with Gasteiger partial charge >= 0.3 is 39.5 Å². The highest BCUT2D eigenvalue weighted by atomic mass is 31.2. The van der Waals surface area contributed by atoms with Crippen molar-refractivity contribution in [2.45, 2.75) is 342 Å². The first-order chi connectivity index (χ1) is 42.4. The summed E-state index contributed by atoms with van der Waals surface area (Å²) in [6.07, 6.45) is 48.0. The molecule has 518 valence electrons. The minimum absolute atomic E-state index is 0.0846. The number of unbranched alkanes of at least 4 members (excludes halogenated alkanes) is 32. The molecule has 0 aromatic rings. The maximum Gasteiger partial charge on any atom is 0.472 e. The van der Waals surface area contributed by atoms with Crippen LogP contribution in [0.4, 0.5) is 0 Å². The topological polar surface area (TPSA) is 237 Å². The van der Waals surface area contributed by atoms with Crippen molar-refractivity contribution in [1.29, 1.82) is 0 Å². The van der Waals surface area contributed by atoms with E-state index in [9.17, 15) is 43.2 Å². The highest BCUT2D eigenvalue weighted by molar-refractivity contribution is 7.47. The number of carbonyl (C=O) groups is 4. The molecule has 0 aliphatic carbocycles. The van der Waals surface area contributed by atoms with Crippen LogP contribution in [0.15, 0.2) is 24.3 Å². The van der Waals surface area contributed by atoms with Gasteiger partial charge in [-0.25, -0.2) is 9.13 Å². The molecular weight excluding hydrogens is 1160 g/mol. The fourth-order valence-corrected chi connectivity index (χ4v) is 11.4.